The van der Waals surface area contributed by atoms with E-state index in [0.29, 0.717) is 18.9 Å². The third kappa shape index (κ3) is 5.28. The average molecular weight is 286 g/mol. The Morgan fingerprint density at radius 1 is 1.37 bits per heavy atom. The van der Waals surface area contributed by atoms with Gasteiger partial charge in [-0.25, -0.2) is 4.79 Å². The minimum Gasteiger partial charge on any atom is -0.478 e. The van der Waals surface area contributed by atoms with E-state index < -0.39 is 5.97 Å². The first-order valence-corrected chi connectivity index (χ1v) is 6.32. The second-order valence-corrected chi connectivity index (χ2v) is 4.32. The molecule has 0 aromatic heterocycles. The first-order valence-electron chi connectivity index (χ1n) is 5.95. The molecule has 0 bridgehead atoms. The van der Waals surface area contributed by atoms with E-state index in [0.717, 1.165) is 6.42 Å². The van der Waals surface area contributed by atoms with Crippen molar-refractivity contribution in [2.45, 2.75) is 19.8 Å². The number of anilines is 1. The van der Waals surface area contributed by atoms with Crippen molar-refractivity contribution in [2.24, 2.45) is 0 Å². The van der Waals surface area contributed by atoms with Gasteiger partial charge in [0, 0.05) is 12.3 Å². The Morgan fingerprint density at radius 3 is 2.74 bits per heavy atom. The first kappa shape index (κ1) is 15.5. The van der Waals surface area contributed by atoms with Crippen LogP contribution in [0.1, 0.15) is 30.1 Å². The van der Waals surface area contributed by atoms with Crippen LogP contribution in [0.15, 0.2) is 18.2 Å². The summed E-state index contributed by atoms with van der Waals surface area (Å²) < 4.78 is 5.20. The Hall–Kier alpha value is -1.59. The van der Waals surface area contributed by atoms with Crippen LogP contribution in [-0.2, 0) is 9.53 Å². The molecule has 19 heavy (non-hydrogen) atoms. The molecule has 0 aliphatic heterocycles. The van der Waals surface area contributed by atoms with Crippen LogP contribution < -0.4 is 5.32 Å². The molecule has 1 rings (SSSR count). The standard InChI is InChI=1S/C13H16ClNO4/c1-2-6-19-7-5-12(16)15-9-3-4-11(14)10(8-9)13(17)18/h3-4,8H,2,5-7H2,1H3,(H,15,16)(H,17,18). The van der Waals surface area contributed by atoms with Gasteiger partial charge >= 0.3 is 5.97 Å². The lowest BCUT2D eigenvalue weighted by Crippen LogP contribution is -2.14. The van der Waals surface area contributed by atoms with Crippen LogP contribution in [0.25, 0.3) is 0 Å². The van der Waals surface area contributed by atoms with E-state index in [1.54, 1.807) is 6.07 Å². The quantitative estimate of drug-likeness (QED) is 0.755. The Morgan fingerprint density at radius 2 is 2.11 bits per heavy atom. The Bertz CT molecular complexity index is 462. The number of ether oxygens (including phenoxy) is 1. The molecule has 0 saturated heterocycles. The van der Waals surface area contributed by atoms with Gasteiger partial charge in [0.25, 0.3) is 0 Å². The molecule has 0 heterocycles. The van der Waals surface area contributed by atoms with Gasteiger partial charge in [-0.3, -0.25) is 4.79 Å². The zero-order valence-electron chi connectivity index (χ0n) is 10.6. The summed E-state index contributed by atoms with van der Waals surface area (Å²) in [6, 6.07) is 4.32. The van der Waals surface area contributed by atoms with Gasteiger partial charge in [-0.05, 0) is 24.6 Å². The molecule has 0 saturated carbocycles. The maximum atomic E-state index is 11.6. The number of carbonyl (C=O) groups is 2. The second-order valence-electron chi connectivity index (χ2n) is 3.91. The summed E-state index contributed by atoms with van der Waals surface area (Å²) in [5.74, 6) is -1.36. The molecular weight excluding hydrogens is 270 g/mol. The van der Waals surface area contributed by atoms with E-state index in [-0.39, 0.29) is 22.9 Å². The highest BCUT2D eigenvalue weighted by Gasteiger charge is 2.10. The SMILES string of the molecule is CCCOCCC(=O)Nc1ccc(Cl)c(C(=O)O)c1. The number of rotatable bonds is 7. The van der Waals surface area contributed by atoms with Gasteiger partial charge in [0.15, 0.2) is 0 Å². The Balaban J connectivity index is 2.55. The molecule has 2 N–H and O–H groups in total. The van der Waals surface area contributed by atoms with Gasteiger partial charge in [0.1, 0.15) is 0 Å². The predicted molar refractivity (Wildman–Crippen MR) is 72.8 cm³/mol. The van der Waals surface area contributed by atoms with Crippen molar-refractivity contribution in [3.05, 3.63) is 28.8 Å². The number of amides is 1. The highest BCUT2D eigenvalue weighted by Crippen LogP contribution is 2.20. The number of aromatic carboxylic acids is 1. The van der Waals surface area contributed by atoms with Crippen molar-refractivity contribution in [2.75, 3.05) is 18.5 Å². The van der Waals surface area contributed by atoms with Crippen LogP contribution in [0.5, 0.6) is 0 Å². The number of hydrogen-bond donors (Lipinski definition) is 2. The summed E-state index contributed by atoms with van der Waals surface area (Å²) in [7, 11) is 0. The third-order valence-corrected chi connectivity index (χ3v) is 2.63. The minimum absolute atomic E-state index is 0.0401. The van der Waals surface area contributed by atoms with E-state index in [9.17, 15) is 9.59 Å². The lowest BCUT2D eigenvalue weighted by atomic mass is 10.2. The van der Waals surface area contributed by atoms with Crippen molar-refractivity contribution in [1.29, 1.82) is 0 Å². The maximum Gasteiger partial charge on any atom is 0.337 e. The van der Waals surface area contributed by atoms with Gasteiger partial charge < -0.3 is 15.2 Å². The van der Waals surface area contributed by atoms with Crippen molar-refractivity contribution in [3.63, 3.8) is 0 Å². The molecule has 6 heteroatoms. The number of carboxylic acid groups (broad SMARTS) is 1. The van der Waals surface area contributed by atoms with Crippen molar-refractivity contribution >= 4 is 29.2 Å². The first-order chi connectivity index (χ1) is 9.04. The topological polar surface area (TPSA) is 75.6 Å². The zero-order chi connectivity index (χ0) is 14.3. The smallest absolute Gasteiger partial charge is 0.337 e. The van der Waals surface area contributed by atoms with Gasteiger partial charge in [-0.2, -0.15) is 0 Å². The molecule has 104 valence electrons. The molecule has 0 fully saturated rings. The molecule has 0 unspecified atom stereocenters. The summed E-state index contributed by atoms with van der Waals surface area (Å²) in [6.45, 7) is 2.96. The van der Waals surface area contributed by atoms with Crippen LogP contribution in [0.2, 0.25) is 5.02 Å². The molecule has 1 aromatic carbocycles. The van der Waals surface area contributed by atoms with Gasteiger partial charge in [0.05, 0.1) is 23.6 Å². The zero-order valence-corrected chi connectivity index (χ0v) is 11.4. The second kappa shape index (κ2) is 7.76. The van der Waals surface area contributed by atoms with E-state index in [2.05, 4.69) is 5.32 Å². The third-order valence-electron chi connectivity index (χ3n) is 2.30. The highest BCUT2D eigenvalue weighted by molar-refractivity contribution is 6.33. The fourth-order valence-electron chi connectivity index (χ4n) is 1.40. The van der Waals surface area contributed by atoms with Crippen LogP contribution in [0.4, 0.5) is 5.69 Å². The predicted octanol–water partition coefficient (Wildman–Crippen LogP) is 2.79. The number of carbonyl (C=O) groups excluding carboxylic acids is 1. The maximum absolute atomic E-state index is 11.6. The Kier molecular flexibility index (Phi) is 6.32. The van der Waals surface area contributed by atoms with Gasteiger partial charge in [0.2, 0.25) is 5.91 Å². The van der Waals surface area contributed by atoms with E-state index >= 15 is 0 Å². The van der Waals surface area contributed by atoms with Crippen LogP contribution in [-0.4, -0.2) is 30.2 Å². The van der Waals surface area contributed by atoms with E-state index in [1.165, 1.54) is 12.1 Å². The van der Waals surface area contributed by atoms with E-state index in [1.807, 2.05) is 6.92 Å². The Labute approximate surface area is 116 Å². The molecule has 0 radical (unpaired) electrons. The van der Waals surface area contributed by atoms with Crippen molar-refractivity contribution < 1.29 is 19.4 Å². The number of halogens is 1. The number of hydrogen-bond acceptors (Lipinski definition) is 3. The van der Waals surface area contributed by atoms with Crippen LogP contribution in [0.3, 0.4) is 0 Å². The molecule has 5 nitrogen and oxygen atoms in total. The van der Waals surface area contributed by atoms with Crippen LogP contribution in [0, 0.1) is 0 Å². The lowest BCUT2D eigenvalue weighted by molar-refractivity contribution is -0.117. The minimum atomic E-state index is -1.13. The van der Waals surface area contributed by atoms with Gasteiger partial charge in [-0.15, -0.1) is 0 Å². The molecule has 1 aromatic rings. The average Bonchev–Trinajstić information content (AvgIpc) is 2.36. The molecule has 0 spiro atoms. The number of benzene rings is 1. The monoisotopic (exact) mass is 285 g/mol. The van der Waals surface area contributed by atoms with Crippen molar-refractivity contribution in [1.82, 2.24) is 0 Å². The van der Waals surface area contributed by atoms with Gasteiger partial charge in [-0.1, -0.05) is 18.5 Å². The summed E-state index contributed by atoms with van der Waals surface area (Å²) in [4.78, 5) is 22.5. The number of carboxylic acids is 1. The van der Waals surface area contributed by atoms with Crippen LogP contribution >= 0.6 is 11.6 Å². The molecule has 1 amide bonds. The fourth-order valence-corrected chi connectivity index (χ4v) is 1.60. The number of nitrogens with one attached hydrogen (secondary N) is 1. The summed E-state index contributed by atoms with van der Waals surface area (Å²) in [5, 5.41) is 11.6. The van der Waals surface area contributed by atoms with E-state index in [4.69, 9.17) is 21.4 Å². The summed E-state index contributed by atoms with van der Waals surface area (Å²) >= 11 is 5.73. The largest absolute Gasteiger partial charge is 0.478 e. The summed E-state index contributed by atoms with van der Waals surface area (Å²) in [6.07, 6.45) is 1.13. The van der Waals surface area contributed by atoms with Crippen molar-refractivity contribution in [3.8, 4) is 0 Å². The molecule has 0 aliphatic carbocycles. The fraction of sp³-hybridized carbons (Fsp3) is 0.385. The molecular formula is C13H16ClNO4. The highest BCUT2D eigenvalue weighted by atomic mass is 35.5. The normalized spacial score (nSPS) is 10.2. The molecule has 0 atom stereocenters. The summed E-state index contributed by atoms with van der Waals surface area (Å²) in [5.41, 5.74) is 0.365. The molecule has 0 aliphatic rings. The lowest BCUT2D eigenvalue weighted by Gasteiger charge is -2.07.